The molecule has 1 saturated heterocycles. The quantitative estimate of drug-likeness (QED) is 0.721. The van der Waals surface area contributed by atoms with Crippen LogP contribution in [0, 0.1) is 0 Å². The largest absolute Gasteiger partial charge is 0.492 e. The van der Waals surface area contributed by atoms with Gasteiger partial charge in [-0.15, -0.1) is 0 Å². The minimum Gasteiger partial charge on any atom is -0.492 e. The van der Waals surface area contributed by atoms with Crippen LogP contribution in [0.2, 0.25) is 0 Å². The molecule has 2 N–H and O–H groups in total. The van der Waals surface area contributed by atoms with E-state index in [9.17, 15) is 9.59 Å². The summed E-state index contributed by atoms with van der Waals surface area (Å²) in [4.78, 5) is 29.8. The second-order valence-corrected chi connectivity index (χ2v) is 9.14. The number of ether oxygens (including phenoxy) is 1. The molecule has 1 aliphatic rings. The zero-order valence-electron chi connectivity index (χ0n) is 19.7. The predicted molar refractivity (Wildman–Crippen MR) is 129 cm³/mol. The third kappa shape index (κ3) is 6.23. The van der Waals surface area contributed by atoms with E-state index in [-0.39, 0.29) is 17.4 Å². The molecule has 2 amide bonds. The van der Waals surface area contributed by atoms with Crippen molar-refractivity contribution < 1.29 is 14.3 Å². The van der Waals surface area contributed by atoms with Crippen LogP contribution in [0.4, 0.5) is 11.4 Å². The highest BCUT2D eigenvalue weighted by atomic mass is 16.5. The molecule has 7 nitrogen and oxygen atoms in total. The molecule has 2 aromatic rings. The molecule has 172 valence electrons. The molecule has 0 atom stereocenters. The van der Waals surface area contributed by atoms with Gasteiger partial charge in [0.1, 0.15) is 5.75 Å². The lowest BCUT2D eigenvalue weighted by Gasteiger charge is -2.34. The molecule has 1 heterocycles. The van der Waals surface area contributed by atoms with Gasteiger partial charge in [-0.25, -0.2) is 0 Å². The monoisotopic (exact) mass is 438 g/mol. The molecule has 0 spiro atoms. The minimum absolute atomic E-state index is 0.164. The average Bonchev–Trinajstić information content (AvgIpc) is 2.74. The van der Waals surface area contributed by atoms with Gasteiger partial charge in [-0.3, -0.25) is 9.59 Å². The molecule has 3 rings (SSSR count). The molecule has 7 heteroatoms. The standard InChI is InChI=1S/C25H34N4O3/c1-6-32-22-17-20(29-15-13-28(5)14-16-29)11-12-21(22)26-23(30)18-7-9-19(10-8-18)24(31)27-25(2,3)4/h7-12,17H,6,13-16H2,1-5H3,(H,26,30)(H,27,31). The molecule has 0 bridgehead atoms. The summed E-state index contributed by atoms with van der Waals surface area (Å²) < 4.78 is 5.82. The van der Waals surface area contributed by atoms with Gasteiger partial charge in [-0.2, -0.15) is 0 Å². The zero-order valence-corrected chi connectivity index (χ0v) is 19.7. The van der Waals surface area contributed by atoms with Crippen LogP contribution in [-0.4, -0.2) is 62.1 Å². The van der Waals surface area contributed by atoms with Crippen LogP contribution >= 0.6 is 0 Å². The molecule has 0 aliphatic carbocycles. The summed E-state index contributed by atoms with van der Waals surface area (Å²) in [5.74, 6) is 0.238. The molecule has 32 heavy (non-hydrogen) atoms. The number of amides is 2. The lowest BCUT2D eigenvalue weighted by Crippen LogP contribution is -2.44. The number of nitrogens with zero attached hydrogens (tertiary/aromatic N) is 2. The highest BCUT2D eigenvalue weighted by Gasteiger charge is 2.18. The number of carbonyl (C=O) groups is 2. The number of anilines is 2. The van der Waals surface area contributed by atoms with E-state index in [0.29, 0.717) is 29.2 Å². The molecule has 0 unspecified atom stereocenters. The van der Waals surface area contributed by atoms with Crippen molar-refractivity contribution >= 4 is 23.2 Å². The number of likely N-dealkylation sites (N-methyl/N-ethyl adjacent to an activating group) is 1. The molecule has 0 radical (unpaired) electrons. The number of rotatable bonds is 6. The Labute approximate surface area is 190 Å². The minimum atomic E-state index is -0.320. The normalized spacial score (nSPS) is 14.7. The molecule has 2 aromatic carbocycles. The van der Waals surface area contributed by atoms with Crippen LogP contribution in [0.25, 0.3) is 0 Å². The van der Waals surface area contributed by atoms with Crippen molar-refractivity contribution in [3.8, 4) is 5.75 Å². The first-order valence-corrected chi connectivity index (χ1v) is 11.1. The first-order valence-electron chi connectivity index (χ1n) is 11.1. The number of benzene rings is 2. The maximum atomic E-state index is 12.8. The Balaban J connectivity index is 1.71. The average molecular weight is 439 g/mol. The van der Waals surface area contributed by atoms with Gasteiger partial charge in [-0.1, -0.05) is 0 Å². The fourth-order valence-corrected chi connectivity index (χ4v) is 3.53. The summed E-state index contributed by atoms with van der Waals surface area (Å²) >= 11 is 0. The molecule has 1 aliphatic heterocycles. The Morgan fingerprint density at radius 3 is 2.09 bits per heavy atom. The maximum Gasteiger partial charge on any atom is 0.255 e. The van der Waals surface area contributed by atoms with Gasteiger partial charge in [0.2, 0.25) is 0 Å². The van der Waals surface area contributed by atoms with Crippen LogP contribution < -0.4 is 20.3 Å². The van der Waals surface area contributed by atoms with Crippen LogP contribution in [-0.2, 0) is 0 Å². The van der Waals surface area contributed by atoms with Crippen molar-refractivity contribution in [3.05, 3.63) is 53.6 Å². The first kappa shape index (κ1) is 23.6. The highest BCUT2D eigenvalue weighted by molar-refractivity contribution is 6.06. The van der Waals surface area contributed by atoms with Crippen molar-refractivity contribution in [2.45, 2.75) is 33.2 Å². The Hall–Kier alpha value is -3.06. The smallest absolute Gasteiger partial charge is 0.255 e. The first-order chi connectivity index (χ1) is 15.2. The zero-order chi connectivity index (χ0) is 23.3. The third-order valence-electron chi connectivity index (χ3n) is 5.28. The third-order valence-corrected chi connectivity index (χ3v) is 5.28. The predicted octanol–water partition coefficient (Wildman–Crippen LogP) is 3.62. The fraction of sp³-hybridized carbons (Fsp3) is 0.440. The Kier molecular flexibility index (Phi) is 7.40. The molecule has 0 aromatic heterocycles. The Bertz CT molecular complexity index is 943. The van der Waals surface area contributed by atoms with E-state index >= 15 is 0 Å². The lowest BCUT2D eigenvalue weighted by molar-refractivity contribution is 0.0918. The molecule has 1 fully saturated rings. The van der Waals surface area contributed by atoms with E-state index in [2.05, 4.69) is 27.5 Å². The summed E-state index contributed by atoms with van der Waals surface area (Å²) in [5, 5.41) is 5.86. The van der Waals surface area contributed by atoms with E-state index in [1.54, 1.807) is 24.3 Å². The van der Waals surface area contributed by atoms with Gasteiger partial charge < -0.3 is 25.2 Å². The van der Waals surface area contributed by atoms with E-state index in [4.69, 9.17) is 4.74 Å². The van der Waals surface area contributed by atoms with Gasteiger partial charge in [-0.05, 0) is 71.1 Å². The van der Waals surface area contributed by atoms with Crippen molar-refractivity contribution in [2.75, 3.05) is 50.1 Å². The van der Waals surface area contributed by atoms with Gasteiger partial charge >= 0.3 is 0 Å². The van der Waals surface area contributed by atoms with Crippen molar-refractivity contribution in [1.29, 1.82) is 0 Å². The summed E-state index contributed by atoms with van der Waals surface area (Å²) in [6.07, 6.45) is 0. The summed E-state index contributed by atoms with van der Waals surface area (Å²) in [7, 11) is 2.13. The molecule has 0 saturated carbocycles. The number of hydrogen-bond acceptors (Lipinski definition) is 5. The van der Waals surface area contributed by atoms with Gasteiger partial charge in [0, 0.05) is 54.6 Å². The van der Waals surface area contributed by atoms with E-state index in [1.807, 2.05) is 45.9 Å². The summed E-state index contributed by atoms with van der Waals surface area (Å²) in [6.45, 7) is 12.2. The fourth-order valence-electron chi connectivity index (χ4n) is 3.53. The number of hydrogen-bond donors (Lipinski definition) is 2. The topological polar surface area (TPSA) is 73.9 Å². The van der Waals surface area contributed by atoms with Crippen LogP contribution in [0.1, 0.15) is 48.4 Å². The van der Waals surface area contributed by atoms with E-state index in [0.717, 1.165) is 31.9 Å². The van der Waals surface area contributed by atoms with Crippen molar-refractivity contribution in [2.24, 2.45) is 0 Å². The Morgan fingerprint density at radius 2 is 1.53 bits per heavy atom. The maximum absolute atomic E-state index is 12.8. The second kappa shape index (κ2) is 10.0. The van der Waals surface area contributed by atoms with Crippen LogP contribution in [0.15, 0.2) is 42.5 Å². The van der Waals surface area contributed by atoms with E-state index < -0.39 is 0 Å². The number of piperazine rings is 1. The second-order valence-electron chi connectivity index (χ2n) is 9.14. The van der Waals surface area contributed by atoms with Gasteiger partial charge in [0.25, 0.3) is 11.8 Å². The van der Waals surface area contributed by atoms with Crippen LogP contribution in [0.3, 0.4) is 0 Å². The summed E-state index contributed by atoms with van der Waals surface area (Å²) in [6, 6.07) is 12.5. The highest BCUT2D eigenvalue weighted by Crippen LogP contribution is 2.31. The van der Waals surface area contributed by atoms with Crippen LogP contribution in [0.5, 0.6) is 5.75 Å². The molecular weight excluding hydrogens is 404 g/mol. The lowest BCUT2D eigenvalue weighted by atomic mass is 10.1. The van der Waals surface area contributed by atoms with Gasteiger partial charge in [0.15, 0.2) is 0 Å². The SMILES string of the molecule is CCOc1cc(N2CCN(C)CC2)ccc1NC(=O)c1ccc(C(=O)NC(C)(C)C)cc1. The van der Waals surface area contributed by atoms with Crippen molar-refractivity contribution in [1.82, 2.24) is 10.2 Å². The van der Waals surface area contributed by atoms with Gasteiger partial charge in [0.05, 0.1) is 12.3 Å². The molecular formula is C25H34N4O3. The Morgan fingerprint density at radius 1 is 0.938 bits per heavy atom. The van der Waals surface area contributed by atoms with Crippen molar-refractivity contribution in [3.63, 3.8) is 0 Å². The number of nitrogens with one attached hydrogen (secondary N) is 2. The number of carbonyl (C=O) groups excluding carboxylic acids is 2. The summed E-state index contributed by atoms with van der Waals surface area (Å²) in [5.41, 5.74) is 2.39. The van der Waals surface area contributed by atoms with E-state index in [1.165, 1.54) is 0 Å².